The molecule has 2 aliphatic rings. The van der Waals surface area contributed by atoms with Crippen LogP contribution in [-0.4, -0.2) is 56.7 Å². The number of carbonyl (C=O) groups is 3. The van der Waals surface area contributed by atoms with Crippen LogP contribution in [0.25, 0.3) is 0 Å². The van der Waals surface area contributed by atoms with Crippen LogP contribution in [-0.2, 0) is 19.6 Å². The molecule has 2 aliphatic heterocycles. The van der Waals surface area contributed by atoms with E-state index in [2.05, 4.69) is 5.32 Å². The first-order chi connectivity index (χ1) is 15.8. The van der Waals surface area contributed by atoms with Crippen molar-refractivity contribution in [3.8, 4) is 5.75 Å². The van der Waals surface area contributed by atoms with Gasteiger partial charge in [0.2, 0.25) is 10.0 Å². The highest BCUT2D eigenvalue weighted by molar-refractivity contribution is 7.89. The van der Waals surface area contributed by atoms with Gasteiger partial charge in [-0.15, -0.1) is 0 Å². The van der Waals surface area contributed by atoms with E-state index < -0.39 is 28.4 Å². The summed E-state index contributed by atoms with van der Waals surface area (Å²) in [6.07, 6.45) is 3.70. The van der Waals surface area contributed by atoms with Gasteiger partial charge in [-0.3, -0.25) is 9.59 Å². The molecule has 0 radical (unpaired) electrons. The Morgan fingerprint density at radius 3 is 2.33 bits per heavy atom. The molecule has 0 atom stereocenters. The van der Waals surface area contributed by atoms with Crippen molar-refractivity contribution in [3.05, 3.63) is 53.6 Å². The number of sulfonamides is 1. The second kappa shape index (κ2) is 9.72. The lowest BCUT2D eigenvalue weighted by molar-refractivity contribution is -0.118. The number of rotatable bonds is 6. The molecule has 174 valence electrons. The van der Waals surface area contributed by atoms with Crippen molar-refractivity contribution in [1.29, 1.82) is 0 Å². The second-order valence-corrected chi connectivity index (χ2v) is 9.83. The Bertz CT molecular complexity index is 1170. The third-order valence-corrected chi connectivity index (χ3v) is 7.47. The predicted octanol–water partition coefficient (Wildman–Crippen LogP) is 2.62. The van der Waals surface area contributed by atoms with Gasteiger partial charge in [0, 0.05) is 18.7 Å². The number of fused-ring (bicyclic) bond motifs is 1. The van der Waals surface area contributed by atoms with Gasteiger partial charge in [0.1, 0.15) is 5.75 Å². The van der Waals surface area contributed by atoms with E-state index in [0.717, 1.165) is 25.7 Å². The van der Waals surface area contributed by atoms with Crippen molar-refractivity contribution >= 4 is 33.4 Å². The lowest BCUT2D eigenvalue weighted by Gasteiger charge is -2.20. The lowest BCUT2D eigenvalue weighted by Crippen LogP contribution is -2.31. The Labute approximate surface area is 191 Å². The van der Waals surface area contributed by atoms with Crippen LogP contribution in [0.3, 0.4) is 0 Å². The summed E-state index contributed by atoms with van der Waals surface area (Å²) in [6, 6.07) is 10.1. The molecule has 0 unspecified atom stereocenters. The quantitative estimate of drug-likeness (QED) is 0.507. The normalized spacial score (nSPS) is 16.7. The number of anilines is 1. The fourth-order valence-electron chi connectivity index (χ4n) is 3.75. The molecule has 2 aromatic rings. The summed E-state index contributed by atoms with van der Waals surface area (Å²) in [6.45, 7) is 0.399. The van der Waals surface area contributed by atoms with Gasteiger partial charge in [-0.25, -0.2) is 13.2 Å². The largest absolute Gasteiger partial charge is 0.482 e. The Balaban J connectivity index is 1.37. The molecular weight excluding hydrogens is 448 g/mol. The molecular formula is C23H24N2O7S. The van der Waals surface area contributed by atoms with Crippen molar-refractivity contribution in [2.24, 2.45) is 0 Å². The van der Waals surface area contributed by atoms with E-state index in [9.17, 15) is 22.8 Å². The number of nitrogens with zero attached hydrogens (tertiary/aromatic N) is 1. The molecule has 9 nitrogen and oxygen atoms in total. The molecule has 10 heteroatoms. The molecule has 4 rings (SSSR count). The van der Waals surface area contributed by atoms with E-state index in [4.69, 9.17) is 9.47 Å². The van der Waals surface area contributed by atoms with Crippen LogP contribution in [0.2, 0.25) is 0 Å². The number of amides is 1. The first-order valence-corrected chi connectivity index (χ1v) is 12.2. The maximum Gasteiger partial charge on any atom is 0.338 e. The van der Waals surface area contributed by atoms with Crippen LogP contribution in [0, 0.1) is 0 Å². The standard InChI is InChI=1S/C23H24N2O7S/c26-20(17-7-10-21-19(13-17)24-22(27)15-31-21)14-32-23(28)16-5-8-18(9-6-16)33(29,30)25-11-3-1-2-4-12-25/h5-10,13H,1-4,11-12,14-15H2,(H,24,27). The van der Waals surface area contributed by atoms with Crippen molar-refractivity contribution in [2.45, 2.75) is 30.6 Å². The minimum absolute atomic E-state index is 0.0873. The van der Waals surface area contributed by atoms with Gasteiger partial charge in [0.15, 0.2) is 19.0 Å². The number of benzene rings is 2. The third-order valence-electron chi connectivity index (χ3n) is 5.56. The van der Waals surface area contributed by atoms with Crippen LogP contribution in [0.5, 0.6) is 5.75 Å². The Hall–Kier alpha value is -3.24. The average Bonchev–Trinajstić information content (AvgIpc) is 3.12. The molecule has 0 bridgehead atoms. The topological polar surface area (TPSA) is 119 Å². The van der Waals surface area contributed by atoms with Crippen LogP contribution in [0.1, 0.15) is 46.4 Å². The first-order valence-electron chi connectivity index (χ1n) is 10.7. The zero-order valence-electron chi connectivity index (χ0n) is 17.9. The number of hydrogen-bond donors (Lipinski definition) is 1. The Morgan fingerprint density at radius 1 is 0.970 bits per heavy atom. The number of hydrogen-bond acceptors (Lipinski definition) is 7. The van der Waals surface area contributed by atoms with Crippen molar-refractivity contribution in [2.75, 3.05) is 31.6 Å². The molecule has 0 aromatic heterocycles. The molecule has 33 heavy (non-hydrogen) atoms. The highest BCUT2D eigenvalue weighted by Crippen LogP contribution is 2.28. The summed E-state index contributed by atoms with van der Waals surface area (Å²) < 4.78 is 37.5. The summed E-state index contributed by atoms with van der Waals surface area (Å²) in [4.78, 5) is 36.3. The second-order valence-electron chi connectivity index (χ2n) is 7.89. The molecule has 0 aliphatic carbocycles. The van der Waals surface area contributed by atoms with E-state index in [1.165, 1.54) is 40.7 Å². The number of ether oxygens (including phenoxy) is 2. The molecule has 1 fully saturated rings. The molecule has 2 aromatic carbocycles. The lowest BCUT2D eigenvalue weighted by atomic mass is 10.1. The number of nitrogens with one attached hydrogen (secondary N) is 1. The minimum atomic E-state index is -3.61. The van der Waals surface area contributed by atoms with Gasteiger partial charge in [-0.2, -0.15) is 4.31 Å². The summed E-state index contributed by atoms with van der Waals surface area (Å²) in [7, 11) is -3.61. The fraction of sp³-hybridized carbons (Fsp3) is 0.348. The highest BCUT2D eigenvalue weighted by atomic mass is 32.2. The molecule has 2 heterocycles. The summed E-state index contributed by atoms with van der Waals surface area (Å²) >= 11 is 0. The number of ketones is 1. The summed E-state index contributed by atoms with van der Waals surface area (Å²) in [5.74, 6) is -1.05. The molecule has 0 spiro atoms. The van der Waals surface area contributed by atoms with Gasteiger partial charge in [-0.05, 0) is 55.3 Å². The maximum atomic E-state index is 12.8. The van der Waals surface area contributed by atoms with E-state index >= 15 is 0 Å². The number of carbonyl (C=O) groups excluding carboxylic acids is 3. The van der Waals surface area contributed by atoms with Crippen LogP contribution in [0.4, 0.5) is 5.69 Å². The highest BCUT2D eigenvalue weighted by Gasteiger charge is 2.25. The van der Waals surface area contributed by atoms with Crippen LogP contribution < -0.4 is 10.1 Å². The van der Waals surface area contributed by atoms with Gasteiger partial charge < -0.3 is 14.8 Å². The van der Waals surface area contributed by atoms with Crippen LogP contribution in [0.15, 0.2) is 47.4 Å². The SMILES string of the molecule is O=C1COc2ccc(C(=O)COC(=O)c3ccc(S(=O)(=O)N4CCCCCC4)cc3)cc2N1. The van der Waals surface area contributed by atoms with Crippen molar-refractivity contribution < 1.29 is 32.3 Å². The maximum absolute atomic E-state index is 12.8. The Kier molecular flexibility index (Phi) is 6.75. The predicted molar refractivity (Wildman–Crippen MR) is 119 cm³/mol. The van der Waals surface area contributed by atoms with Crippen LogP contribution >= 0.6 is 0 Å². The molecule has 1 saturated heterocycles. The summed E-state index contributed by atoms with van der Waals surface area (Å²) in [5.41, 5.74) is 0.777. The third kappa shape index (κ3) is 5.23. The zero-order valence-corrected chi connectivity index (χ0v) is 18.7. The van der Waals surface area contributed by atoms with Gasteiger partial charge in [0.25, 0.3) is 5.91 Å². The molecule has 0 saturated carbocycles. The fourth-order valence-corrected chi connectivity index (χ4v) is 5.27. The smallest absolute Gasteiger partial charge is 0.338 e. The van der Waals surface area contributed by atoms with E-state index in [1.807, 2.05) is 0 Å². The zero-order chi connectivity index (χ0) is 23.4. The summed E-state index contributed by atoms with van der Waals surface area (Å²) in [5, 5.41) is 2.61. The molecule has 1 amide bonds. The van der Waals surface area contributed by atoms with Crippen molar-refractivity contribution in [1.82, 2.24) is 4.31 Å². The number of esters is 1. The van der Waals surface area contributed by atoms with E-state index in [1.54, 1.807) is 6.07 Å². The Morgan fingerprint density at radius 2 is 1.64 bits per heavy atom. The number of Topliss-reactive ketones (excluding diaryl/α,β-unsaturated/α-hetero) is 1. The first kappa shape index (κ1) is 22.9. The van der Waals surface area contributed by atoms with E-state index in [0.29, 0.717) is 24.5 Å². The van der Waals surface area contributed by atoms with E-state index in [-0.39, 0.29) is 28.5 Å². The van der Waals surface area contributed by atoms with Gasteiger partial charge in [-0.1, -0.05) is 12.8 Å². The molecule has 1 N–H and O–H groups in total. The average molecular weight is 473 g/mol. The monoisotopic (exact) mass is 472 g/mol. The van der Waals surface area contributed by atoms with Crippen molar-refractivity contribution in [3.63, 3.8) is 0 Å². The van der Waals surface area contributed by atoms with Gasteiger partial charge >= 0.3 is 5.97 Å². The minimum Gasteiger partial charge on any atom is -0.482 e. The van der Waals surface area contributed by atoms with Gasteiger partial charge in [0.05, 0.1) is 16.1 Å².